The van der Waals surface area contributed by atoms with Crippen molar-refractivity contribution >= 4 is 43.9 Å². The Kier molecular flexibility index (Phi) is 5.03. The minimum absolute atomic E-state index is 0.0840. The number of thiazole rings is 2. The lowest BCUT2D eigenvalue weighted by Crippen LogP contribution is -2.51. The molecule has 3 heterocycles. The highest BCUT2D eigenvalue weighted by molar-refractivity contribution is 7.18. The van der Waals surface area contributed by atoms with E-state index in [1.54, 1.807) is 22.7 Å². The maximum atomic E-state index is 13.4. The summed E-state index contributed by atoms with van der Waals surface area (Å²) in [4.78, 5) is 27.1. The molecule has 0 unspecified atom stereocenters. The summed E-state index contributed by atoms with van der Waals surface area (Å²) in [6.07, 6.45) is 6.27. The van der Waals surface area contributed by atoms with Crippen LogP contribution in [-0.4, -0.2) is 47.0 Å². The molecule has 146 valence electrons. The van der Waals surface area contributed by atoms with Crippen LogP contribution in [0.5, 0.6) is 0 Å². The number of aromatic nitrogens is 2. The molecule has 2 aliphatic rings. The number of anilines is 1. The molecule has 2 fully saturated rings. The summed E-state index contributed by atoms with van der Waals surface area (Å²) in [5.41, 5.74) is 1.07. The third-order valence-corrected chi connectivity index (χ3v) is 7.99. The third-order valence-electron chi connectivity index (χ3n) is 5.99. The van der Waals surface area contributed by atoms with E-state index in [9.17, 15) is 4.79 Å². The van der Waals surface area contributed by atoms with E-state index in [-0.39, 0.29) is 11.8 Å². The highest BCUT2D eigenvalue weighted by atomic mass is 32.1. The van der Waals surface area contributed by atoms with Gasteiger partial charge >= 0.3 is 0 Å². The van der Waals surface area contributed by atoms with Crippen molar-refractivity contribution in [2.75, 3.05) is 31.1 Å². The van der Waals surface area contributed by atoms with Crippen molar-refractivity contribution in [1.82, 2.24) is 14.9 Å². The first-order valence-corrected chi connectivity index (χ1v) is 11.8. The standard InChI is InChI=1S/C21H24N4OS2/c26-20(24-10-12-25(13-11-24)21-22-9-14-27-21)16-6-2-1-5-15(16)19-23-17-7-3-4-8-18(17)28-19/h3-4,7-9,14-16H,1-2,5-6,10-13H2/t15-,16+/m0/s1. The van der Waals surface area contributed by atoms with Crippen molar-refractivity contribution in [2.45, 2.75) is 31.6 Å². The van der Waals surface area contributed by atoms with Gasteiger partial charge in [-0.3, -0.25) is 4.79 Å². The first kappa shape index (κ1) is 18.1. The van der Waals surface area contributed by atoms with Crippen LogP contribution in [0, 0.1) is 5.92 Å². The van der Waals surface area contributed by atoms with Gasteiger partial charge in [-0.15, -0.1) is 22.7 Å². The smallest absolute Gasteiger partial charge is 0.226 e. The summed E-state index contributed by atoms with van der Waals surface area (Å²) in [5.74, 6) is 0.694. The van der Waals surface area contributed by atoms with Crippen LogP contribution >= 0.6 is 22.7 Å². The number of carbonyl (C=O) groups excluding carboxylic acids is 1. The van der Waals surface area contributed by atoms with Gasteiger partial charge in [-0.05, 0) is 25.0 Å². The fourth-order valence-electron chi connectivity index (χ4n) is 4.50. The minimum atomic E-state index is 0.0840. The van der Waals surface area contributed by atoms with E-state index in [1.165, 1.54) is 11.1 Å². The zero-order valence-corrected chi connectivity index (χ0v) is 17.4. The Morgan fingerprint density at radius 1 is 1.07 bits per heavy atom. The Morgan fingerprint density at radius 2 is 1.89 bits per heavy atom. The van der Waals surface area contributed by atoms with Crippen molar-refractivity contribution in [2.24, 2.45) is 5.92 Å². The molecule has 5 nitrogen and oxygen atoms in total. The molecule has 2 atom stereocenters. The topological polar surface area (TPSA) is 49.3 Å². The number of fused-ring (bicyclic) bond motifs is 1. The molecule has 1 saturated carbocycles. The number of para-hydroxylation sites is 1. The second-order valence-corrected chi connectivity index (χ2v) is 9.58. The zero-order valence-electron chi connectivity index (χ0n) is 15.8. The average molecular weight is 413 g/mol. The Morgan fingerprint density at radius 3 is 2.68 bits per heavy atom. The SMILES string of the molecule is O=C([C@@H]1CCCC[C@@H]1c1nc2ccccc2s1)N1CCN(c2nccs2)CC1. The van der Waals surface area contributed by atoms with E-state index >= 15 is 0 Å². The van der Waals surface area contributed by atoms with Gasteiger partial charge in [0.15, 0.2) is 5.13 Å². The molecule has 0 bridgehead atoms. The van der Waals surface area contributed by atoms with E-state index in [0.717, 1.165) is 61.1 Å². The second kappa shape index (κ2) is 7.79. The fraction of sp³-hybridized carbons (Fsp3) is 0.476. The Balaban J connectivity index is 1.31. The number of piperazine rings is 1. The van der Waals surface area contributed by atoms with Gasteiger partial charge < -0.3 is 9.80 Å². The van der Waals surface area contributed by atoms with Crippen molar-refractivity contribution in [1.29, 1.82) is 0 Å². The quantitative estimate of drug-likeness (QED) is 0.641. The van der Waals surface area contributed by atoms with E-state index in [0.29, 0.717) is 5.91 Å². The van der Waals surface area contributed by atoms with E-state index in [2.05, 4.69) is 33.0 Å². The second-order valence-electron chi connectivity index (χ2n) is 7.64. The first-order valence-electron chi connectivity index (χ1n) is 10.1. The molecular formula is C21H24N4OS2. The molecule has 3 aromatic rings. The van der Waals surface area contributed by atoms with Gasteiger partial charge in [0.1, 0.15) is 0 Å². The molecule has 1 aliphatic heterocycles. The van der Waals surface area contributed by atoms with Crippen molar-refractivity contribution in [3.05, 3.63) is 40.8 Å². The predicted molar refractivity (Wildman–Crippen MR) is 115 cm³/mol. The maximum Gasteiger partial charge on any atom is 0.226 e. The lowest BCUT2D eigenvalue weighted by Gasteiger charge is -2.38. The summed E-state index contributed by atoms with van der Waals surface area (Å²) in [6.45, 7) is 3.33. The van der Waals surface area contributed by atoms with Crippen LogP contribution in [0.15, 0.2) is 35.8 Å². The van der Waals surface area contributed by atoms with Crippen LogP contribution in [0.3, 0.4) is 0 Å². The monoisotopic (exact) mass is 412 g/mol. The molecule has 5 rings (SSSR count). The number of rotatable bonds is 3. The Bertz CT molecular complexity index is 913. The van der Waals surface area contributed by atoms with Gasteiger partial charge in [0, 0.05) is 49.6 Å². The molecule has 1 saturated heterocycles. The molecule has 7 heteroatoms. The van der Waals surface area contributed by atoms with Crippen LogP contribution in [0.25, 0.3) is 10.2 Å². The Hall–Kier alpha value is -1.99. The molecule has 0 spiro atoms. The predicted octanol–water partition coefficient (Wildman–Crippen LogP) is 4.38. The highest BCUT2D eigenvalue weighted by Gasteiger charge is 2.37. The first-order chi connectivity index (χ1) is 13.8. The normalized spacial score (nSPS) is 23.3. The van der Waals surface area contributed by atoms with Crippen molar-refractivity contribution in [3.8, 4) is 0 Å². The van der Waals surface area contributed by atoms with Crippen LogP contribution < -0.4 is 4.90 Å². The molecule has 1 amide bonds. The molecule has 1 aromatic carbocycles. The molecule has 1 aliphatic carbocycles. The van der Waals surface area contributed by atoms with Gasteiger partial charge in [-0.1, -0.05) is 25.0 Å². The van der Waals surface area contributed by atoms with Crippen molar-refractivity contribution in [3.63, 3.8) is 0 Å². The zero-order chi connectivity index (χ0) is 18.9. The van der Waals surface area contributed by atoms with Crippen LogP contribution in [-0.2, 0) is 4.79 Å². The number of nitrogens with zero attached hydrogens (tertiary/aromatic N) is 4. The average Bonchev–Trinajstić information content (AvgIpc) is 3.43. The lowest BCUT2D eigenvalue weighted by atomic mass is 9.78. The lowest BCUT2D eigenvalue weighted by molar-refractivity contribution is -0.137. The summed E-state index contributed by atoms with van der Waals surface area (Å²) in [7, 11) is 0. The maximum absolute atomic E-state index is 13.4. The summed E-state index contributed by atoms with van der Waals surface area (Å²) in [6, 6.07) is 8.31. The van der Waals surface area contributed by atoms with Gasteiger partial charge in [0.2, 0.25) is 5.91 Å². The highest BCUT2D eigenvalue weighted by Crippen LogP contribution is 2.41. The molecule has 0 radical (unpaired) electrons. The number of hydrogen-bond acceptors (Lipinski definition) is 6. The van der Waals surface area contributed by atoms with E-state index < -0.39 is 0 Å². The van der Waals surface area contributed by atoms with Gasteiger partial charge in [-0.2, -0.15) is 0 Å². The number of amides is 1. The van der Waals surface area contributed by atoms with Crippen LogP contribution in [0.2, 0.25) is 0 Å². The molecular weight excluding hydrogens is 388 g/mol. The number of hydrogen-bond donors (Lipinski definition) is 0. The van der Waals surface area contributed by atoms with E-state index in [4.69, 9.17) is 4.98 Å². The minimum Gasteiger partial charge on any atom is -0.345 e. The Labute approximate surface area is 173 Å². The third kappa shape index (κ3) is 3.42. The van der Waals surface area contributed by atoms with Crippen LogP contribution in [0.1, 0.15) is 36.6 Å². The summed E-state index contributed by atoms with van der Waals surface area (Å²) >= 11 is 3.44. The van der Waals surface area contributed by atoms with Gasteiger partial charge in [0.05, 0.1) is 15.2 Å². The van der Waals surface area contributed by atoms with E-state index in [1.807, 2.05) is 17.6 Å². The van der Waals surface area contributed by atoms with Crippen molar-refractivity contribution < 1.29 is 4.79 Å². The molecule has 2 aromatic heterocycles. The number of benzene rings is 1. The fourth-order valence-corrected chi connectivity index (χ4v) is 6.36. The molecule has 0 N–H and O–H groups in total. The van der Waals surface area contributed by atoms with Gasteiger partial charge in [-0.25, -0.2) is 9.97 Å². The van der Waals surface area contributed by atoms with Crippen LogP contribution in [0.4, 0.5) is 5.13 Å². The summed E-state index contributed by atoms with van der Waals surface area (Å²) < 4.78 is 1.23. The summed E-state index contributed by atoms with van der Waals surface area (Å²) in [5, 5.41) is 4.23. The van der Waals surface area contributed by atoms with Gasteiger partial charge in [0.25, 0.3) is 0 Å². The molecule has 28 heavy (non-hydrogen) atoms. The number of carbonyl (C=O) groups is 1. The largest absolute Gasteiger partial charge is 0.345 e.